The molecule has 2 fully saturated rings. The third-order valence-electron chi connectivity index (χ3n) is 6.51. The van der Waals surface area contributed by atoms with Crippen LogP contribution in [0.25, 0.3) is 11.3 Å². The fourth-order valence-corrected chi connectivity index (χ4v) is 4.58. The number of nitrogens with one attached hydrogen (secondary N) is 3. The molecule has 0 bridgehead atoms. The molecule has 4 rings (SSSR count). The van der Waals surface area contributed by atoms with Crippen LogP contribution in [0, 0.1) is 0 Å². The van der Waals surface area contributed by atoms with Gasteiger partial charge in [0.25, 0.3) is 0 Å². The predicted octanol–water partition coefficient (Wildman–Crippen LogP) is 4.61. The summed E-state index contributed by atoms with van der Waals surface area (Å²) in [6.07, 6.45) is 17.2. The Labute approximate surface area is 191 Å². The molecule has 0 amide bonds. The fraction of sp³-hybridized carbons (Fsp3) is 0.667. The molecule has 32 heavy (non-hydrogen) atoms. The minimum atomic E-state index is -0.183. The molecular weight excluding hydrogens is 402 g/mol. The second-order valence-corrected chi connectivity index (χ2v) is 9.15. The van der Waals surface area contributed by atoms with Crippen molar-refractivity contribution >= 4 is 17.6 Å². The maximum Gasteiger partial charge on any atom is 0.224 e. The van der Waals surface area contributed by atoms with Crippen LogP contribution in [0.5, 0.6) is 0 Å². The summed E-state index contributed by atoms with van der Waals surface area (Å²) in [5.74, 6) is 2.22. The number of unbranched alkanes of at least 4 members (excludes halogenated alkanes) is 1. The molecule has 2 aromatic heterocycles. The van der Waals surface area contributed by atoms with Crippen molar-refractivity contribution in [2.45, 2.75) is 95.7 Å². The van der Waals surface area contributed by atoms with Crippen LogP contribution < -0.4 is 16.0 Å². The summed E-state index contributed by atoms with van der Waals surface area (Å²) in [5.41, 5.74) is 1.63. The summed E-state index contributed by atoms with van der Waals surface area (Å²) in [6.45, 7) is 3.02. The molecule has 0 aliphatic heterocycles. The average molecular weight is 440 g/mol. The van der Waals surface area contributed by atoms with Gasteiger partial charge < -0.3 is 21.1 Å². The molecule has 8 nitrogen and oxygen atoms in total. The van der Waals surface area contributed by atoms with Gasteiger partial charge in [0.2, 0.25) is 5.95 Å². The van der Waals surface area contributed by atoms with Crippen molar-refractivity contribution < 1.29 is 5.11 Å². The Kier molecular flexibility index (Phi) is 8.09. The van der Waals surface area contributed by atoms with Gasteiger partial charge in [-0.2, -0.15) is 4.98 Å². The quantitative estimate of drug-likeness (QED) is 0.420. The largest absolute Gasteiger partial charge is 0.393 e. The van der Waals surface area contributed by atoms with Crippen LogP contribution >= 0.6 is 0 Å². The average Bonchev–Trinajstić information content (AvgIpc) is 2.82. The minimum Gasteiger partial charge on any atom is -0.393 e. The van der Waals surface area contributed by atoms with Gasteiger partial charge in [0.05, 0.1) is 29.8 Å². The van der Waals surface area contributed by atoms with E-state index in [1.807, 2.05) is 6.20 Å². The van der Waals surface area contributed by atoms with Crippen molar-refractivity contribution in [1.82, 2.24) is 19.9 Å². The maximum atomic E-state index is 9.87. The van der Waals surface area contributed by atoms with Crippen LogP contribution in [-0.2, 0) is 0 Å². The first-order chi connectivity index (χ1) is 15.7. The van der Waals surface area contributed by atoms with Crippen LogP contribution in [-0.4, -0.2) is 49.8 Å². The zero-order valence-electron chi connectivity index (χ0n) is 19.2. The van der Waals surface area contributed by atoms with Gasteiger partial charge in [0, 0.05) is 24.8 Å². The van der Waals surface area contributed by atoms with E-state index in [2.05, 4.69) is 32.8 Å². The van der Waals surface area contributed by atoms with Crippen LogP contribution in [0.15, 0.2) is 18.6 Å². The van der Waals surface area contributed by atoms with Gasteiger partial charge in [0.15, 0.2) is 0 Å². The van der Waals surface area contributed by atoms with Gasteiger partial charge in [-0.15, -0.1) is 0 Å². The summed E-state index contributed by atoms with van der Waals surface area (Å²) in [7, 11) is 0. The van der Waals surface area contributed by atoms with E-state index in [9.17, 15) is 5.11 Å². The predicted molar refractivity (Wildman–Crippen MR) is 129 cm³/mol. The van der Waals surface area contributed by atoms with E-state index in [1.54, 1.807) is 12.4 Å². The number of hydrogen-bond donors (Lipinski definition) is 4. The molecular formula is C24H37N7O. The third kappa shape index (κ3) is 6.28. The smallest absolute Gasteiger partial charge is 0.224 e. The van der Waals surface area contributed by atoms with Crippen molar-refractivity contribution in [1.29, 1.82) is 0 Å². The number of aromatic nitrogens is 4. The molecule has 0 aromatic carbocycles. The zero-order chi connectivity index (χ0) is 22.2. The van der Waals surface area contributed by atoms with Gasteiger partial charge in [-0.25, -0.2) is 9.97 Å². The molecule has 2 saturated carbocycles. The van der Waals surface area contributed by atoms with E-state index >= 15 is 0 Å². The van der Waals surface area contributed by atoms with Gasteiger partial charge in [0.1, 0.15) is 11.6 Å². The molecule has 2 aromatic rings. The lowest BCUT2D eigenvalue weighted by molar-refractivity contribution is 0.126. The molecule has 2 aliphatic rings. The van der Waals surface area contributed by atoms with Gasteiger partial charge in [-0.1, -0.05) is 32.6 Å². The van der Waals surface area contributed by atoms with Crippen LogP contribution in [0.1, 0.15) is 77.6 Å². The van der Waals surface area contributed by atoms with E-state index in [0.717, 1.165) is 68.0 Å². The second kappa shape index (κ2) is 11.4. The summed E-state index contributed by atoms with van der Waals surface area (Å²) in [6, 6.07) is 0.757. The molecule has 2 heterocycles. The molecule has 174 valence electrons. The van der Waals surface area contributed by atoms with Crippen molar-refractivity contribution in [2.24, 2.45) is 0 Å². The fourth-order valence-electron chi connectivity index (χ4n) is 4.58. The van der Waals surface area contributed by atoms with E-state index in [-0.39, 0.29) is 12.1 Å². The van der Waals surface area contributed by atoms with Gasteiger partial charge in [-0.05, 0) is 44.9 Å². The highest BCUT2D eigenvalue weighted by Crippen LogP contribution is 2.29. The lowest BCUT2D eigenvalue weighted by Gasteiger charge is -2.27. The number of aliphatic hydroxyl groups excluding tert-OH is 1. The normalized spacial score (nSPS) is 21.8. The highest BCUT2D eigenvalue weighted by atomic mass is 16.3. The molecule has 4 N–H and O–H groups in total. The second-order valence-electron chi connectivity index (χ2n) is 9.15. The van der Waals surface area contributed by atoms with Gasteiger partial charge >= 0.3 is 0 Å². The Hall–Kier alpha value is -2.48. The van der Waals surface area contributed by atoms with E-state index in [0.29, 0.717) is 12.0 Å². The van der Waals surface area contributed by atoms with E-state index in [4.69, 9.17) is 9.97 Å². The SMILES string of the molecule is CCCCNc1ncc(-c2cncc(NC3CCCCC3)n2)c(NC2CCC(O)CC2)n1. The zero-order valence-corrected chi connectivity index (χ0v) is 19.2. The summed E-state index contributed by atoms with van der Waals surface area (Å²) in [4.78, 5) is 18.6. The summed E-state index contributed by atoms with van der Waals surface area (Å²) < 4.78 is 0. The Morgan fingerprint density at radius 1 is 0.906 bits per heavy atom. The van der Waals surface area contributed by atoms with Crippen molar-refractivity contribution in [3.05, 3.63) is 18.6 Å². The molecule has 0 saturated heterocycles. The first kappa shape index (κ1) is 22.7. The topological polar surface area (TPSA) is 108 Å². The van der Waals surface area contributed by atoms with Crippen LogP contribution in [0.3, 0.4) is 0 Å². The standard InChI is InChI=1S/C24H37N7O/c1-2-3-13-26-24-27-14-20(23(31-24)29-18-9-11-19(32)12-10-18)21-15-25-16-22(30-21)28-17-7-5-4-6-8-17/h14-19,32H,2-13H2,1H3,(H,28,30)(H2,26,27,29,31). The molecule has 8 heteroatoms. The number of anilines is 3. The first-order valence-electron chi connectivity index (χ1n) is 12.4. The van der Waals surface area contributed by atoms with Gasteiger partial charge in [-0.3, -0.25) is 4.98 Å². The van der Waals surface area contributed by atoms with Crippen molar-refractivity contribution in [3.63, 3.8) is 0 Å². The Morgan fingerprint density at radius 2 is 1.69 bits per heavy atom. The highest BCUT2D eigenvalue weighted by molar-refractivity contribution is 5.73. The first-order valence-corrected chi connectivity index (χ1v) is 12.4. The highest BCUT2D eigenvalue weighted by Gasteiger charge is 2.22. The molecule has 2 aliphatic carbocycles. The lowest BCUT2D eigenvalue weighted by Crippen LogP contribution is -2.29. The molecule has 0 atom stereocenters. The Bertz CT molecular complexity index is 848. The minimum absolute atomic E-state index is 0.183. The van der Waals surface area contributed by atoms with Crippen LogP contribution in [0.4, 0.5) is 17.6 Å². The van der Waals surface area contributed by atoms with E-state index < -0.39 is 0 Å². The van der Waals surface area contributed by atoms with E-state index in [1.165, 1.54) is 32.1 Å². The number of nitrogens with zero attached hydrogens (tertiary/aromatic N) is 4. The lowest BCUT2D eigenvalue weighted by atomic mass is 9.93. The summed E-state index contributed by atoms with van der Waals surface area (Å²) >= 11 is 0. The number of rotatable bonds is 9. The Morgan fingerprint density at radius 3 is 2.47 bits per heavy atom. The number of hydrogen-bond acceptors (Lipinski definition) is 8. The van der Waals surface area contributed by atoms with Crippen molar-refractivity contribution in [3.8, 4) is 11.3 Å². The molecule has 0 spiro atoms. The monoisotopic (exact) mass is 439 g/mol. The Balaban J connectivity index is 1.55. The molecule has 0 radical (unpaired) electrons. The summed E-state index contributed by atoms with van der Waals surface area (Å²) in [5, 5.41) is 20.4. The molecule has 0 unspecified atom stereocenters. The van der Waals surface area contributed by atoms with Crippen LogP contribution in [0.2, 0.25) is 0 Å². The maximum absolute atomic E-state index is 9.87. The third-order valence-corrected chi connectivity index (χ3v) is 6.51. The van der Waals surface area contributed by atoms with Crippen molar-refractivity contribution in [2.75, 3.05) is 22.5 Å². The number of aliphatic hydroxyl groups is 1.